The number of nitrogens with zero attached hydrogens (tertiary/aromatic N) is 1. The van der Waals surface area contributed by atoms with Crippen LogP contribution in [0.15, 0.2) is 12.2 Å². The SMILES string of the molecule is C/C=C/CN1C2CCC1CC(O)C2. The van der Waals surface area contributed by atoms with E-state index in [0.717, 1.165) is 19.4 Å². The Balaban J connectivity index is 1.98. The van der Waals surface area contributed by atoms with E-state index < -0.39 is 0 Å². The number of hydrogen-bond donors (Lipinski definition) is 1. The van der Waals surface area contributed by atoms with Gasteiger partial charge in [-0.05, 0) is 32.6 Å². The number of hydrogen-bond acceptors (Lipinski definition) is 2. The lowest BCUT2D eigenvalue weighted by Crippen LogP contribution is -2.44. The molecule has 2 nitrogen and oxygen atoms in total. The fourth-order valence-electron chi connectivity index (χ4n) is 2.77. The zero-order valence-corrected chi connectivity index (χ0v) is 8.32. The minimum absolute atomic E-state index is 0.0284. The molecule has 2 rings (SSSR count). The van der Waals surface area contributed by atoms with Gasteiger partial charge in [0, 0.05) is 18.6 Å². The largest absolute Gasteiger partial charge is 0.393 e. The average molecular weight is 181 g/mol. The van der Waals surface area contributed by atoms with E-state index >= 15 is 0 Å². The first-order valence-electron chi connectivity index (χ1n) is 5.36. The molecule has 0 aromatic carbocycles. The van der Waals surface area contributed by atoms with Crippen molar-refractivity contribution in [3.63, 3.8) is 0 Å². The molecule has 2 saturated heterocycles. The highest BCUT2D eigenvalue weighted by Gasteiger charge is 2.39. The molecular weight excluding hydrogens is 162 g/mol. The summed E-state index contributed by atoms with van der Waals surface area (Å²) in [6.45, 7) is 3.15. The molecule has 2 heteroatoms. The van der Waals surface area contributed by atoms with Crippen molar-refractivity contribution in [2.24, 2.45) is 0 Å². The van der Waals surface area contributed by atoms with Gasteiger partial charge in [0.15, 0.2) is 0 Å². The molecule has 2 aliphatic rings. The predicted molar refractivity (Wildman–Crippen MR) is 53.6 cm³/mol. The first-order valence-corrected chi connectivity index (χ1v) is 5.36. The molecule has 0 aliphatic carbocycles. The minimum Gasteiger partial charge on any atom is -0.393 e. The van der Waals surface area contributed by atoms with Crippen LogP contribution in [0, 0.1) is 0 Å². The summed E-state index contributed by atoms with van der Waals surface area (Å²) in [4.78, 5) is 2.56. The molecule has 0 amide bonds. The van der Waals surface area contributed by atoms with Crippen LogP contribution < -0.4 is 0 Å². The van der Waals surface area contributed by atoms with Crippen LogP contribution in [0.4, 0.5) is 0 Å². The van der Waals surface area contributed by atoms with Gasteiger partial charge in [0.05, 0.1) is 6.10 Å². The number of fused-ring (bicyclic) bond motifs is 2. The average Bonchev–Trinajstić information content (AvgIpc) is 2.33. The Morgan fingerprint density at radius 3 is 2.46 bits per heavy atom. The fraction of sp³-hybridized carbons (Fsp3) is 0.818. The lowest BCUT2D eigenvalue weighted by Gasteiger charge is -2.36. The molecule has 2 aliphatic heterocycles. The number of allylic oxidation sites excluding steroid dienone is 1. The van der Waals surface area contributed by atoms with Crippen molar-refractivity contribution in [3.05, 3.63) is 12.2 Å². The predicted octanol–water partition coefficient (Wildman–Crippen LogP) is 1.55. The van der Waals surface area contributed by atoms with E-state index in [-0.39, 0.29) is 6.10 Å². The first kappa shape index (κ1) is 9.22. The zero-order chi connectivity index (χ0) is 9.26. The zero-order valence-electron chi connectivity index (χ0n) is 8.32. The monoisotopic (exact) mass is 181 g/mol. The molecule has 0 aromatic heterocycles. The van der Waals surface area contributed by atoms with Crippen molar-refractivity contribution in [3.8, 4) is 0 Å². The van der Waals surface area contributed by atoms with Gasteiger partial charge in [0.1, 0.15) is 0 Å². The highest BCUT2D eigenvalue weighted by Crippen LogP contribution is 2.35. The van der Waals surface area contributed by atoms with E-state index in [1.54, 1.807) is 0 Å². The maximum Gasteiger partial charge on any atom is 0.0570 e. The van der Waals surface area contributed by atoms with Crippen molar-refractivity contribution in [2.75, 3.05) is 6.54 Å². The molecule has 74 valence electrons. The molecule has 2 fully saturated rings. The van der Waals surface area contributed by atoms with Gasteiger partial charge < -0.3 is 5.11 Å². The summed E-state index contributed by atoms with van der Waals surface area (Å²) in [6, 6.07) is 1.31. The maximum absolute atomic E-state index is 9.59. The van der Waals surface area contributed by atoms with Crippen LogP contribution in [0.25, 0.3) is 0 Å². The van der Waals surface area contributed by atoms with E-state index in [4.69, 9.17) is 0 Å². The quantitative estimate of drug-likeness (QED) is 0.653. The molecule has 2 heterocycles. The van der Waals surface area contributed by atoms with Crippen molar-refractivity contribution >= 4 is 0 Å². The summed E-state index contributed by atoms with van der Waals surface area (Å²) in [5.41, 5.74) is 0. The molecule has 13 heavy (non-hydrogen) atoms. The summed E-state index contributed by atoms with van der Waals surface area (Å²) in [6.07, 6.45) is 8.88. The van der Waals surface area contributed by atoms with Crippen LogP contribution in [0.5, 0.6) is 0 Å². The third-order valence-electron chi connectivity index (χ3n) is 3.41. The standard InChI is InChI=1S/C11H19NO/c1-2-3-6-12-9-4-5-10(12)8-11(13)7-9/h2-3,9-11,13H,4-8H2,1H3/b3-2+. The van der Waals surface area contributed by atoms with Crippen LogP contribution in [0.3, 0.4) is 0 Å². The molecule has 0 radical (unpaired) electrons. The molecule has 1 N–H and O–H groups in total. The van der Waals surface area contributed by atoms with Gasteiger partial charge in [-0.25, -0.2) is 0 Å². The van der Waals surface area contributed by atoms with E-state index in [1.165, 1.54) is 12.8 Å². The Bertz CT molecular complexity index is 188. The topological polar surface area (TPSA) is 23.5 Å². The molecule has 2 atom stereocenters. The van der Waals surface area contributed by atoms with E-state index in [9.17, 15) is 5.11 Å². The summed E-state index contributed by atoms with van der Waals surface area (Å²) in [5, 5.41) is 9.59. The summed E-state index contributed by atoms with van der Waals surface area (Å²) < 4.78 is 0. The van der Waals surface area contributed by atoms with Crippen LogP contribution in [0.1, 0.15) is 32.6 Å². The van der Waals surface area contributed by atoms with Gasteiger partial charge in [-0.3, -0.25) is 4.90 Å². The smallest absolute Gasteiger partial charge is 0.0570 e. The van der Waals surface area contributed by atoms with Gasteiger partial charge in [-0.1, -0.05) is 12.2 Å². The van der Waals surface area contributed by atoms with Gasteiger partial charge in [0.2, 0.25) is 0 Å². The second-order valence-corrected chi connectivity index (χ2v) is 4.28. The number of piperidine rings is 1. The van der Waals surface area contributed by atoms with Gasteiger partial charge in [-0.2, -0.15) is 0 Å². The first-order chi connectivity index (χ1) is 6.31. The number of aliphatic hydroxyl groups is 1. The summed E-state index contributed by atoms with van der Waals surface area (Å²) in [7, 11) is 0. The Morgan fingerprint density at radius 2 is 1.92 bits per heavy atom. The third kappa shape index (κ3) is 1.79. The minimum atomic E-state index is -0.0284. The van der Waals surface area contributed by atoms with Crippen LogP contribution in [-0.4, -0.2) is 34.7 Å². The van der Waals surface area contributed by atoms with E-state index in [0.29, 0.717) is 12.1 Å². The Labute approximate surface area is 80.2 Å². The van der Waals surface area contributed by atoms with Crippen molar-refractivity contribution < 1.29 is 5.11 Å². The Morgan fingerprint density at radius 1 is 1.31 bits per heavy atom. The molecule has 0 saturated carbocycles. The second-order valence-electron chi connectivity index (χ2n) is 4.28. The number of aliphatic hydroxyl groups excluding tert-OH is 1. The van der Waals surface area contributed by atoms with Crippen molar-refractivity contribution in [1.82, 2.24) is 4.90 Å². The van der Waals surface area contributed by atoms with Crippen LogP contribution >= 0.6 is 0 Å². The summed E-state index contributed by atoms with van der Waals surface area (Å²) in [5.74, 6) is 0. The second kappa shape index (κ2) is 3.81. The highest BCUT2D eigenvalue weighted by molar-refractivity contribution is 4.98. The number of rotatable bonds is 2. The van der Waals surface area contributed by atoms with E-state index in [2.05, 4.69) is 24.0 Å². The fourth-order valence-corrected chi connectivity index (χ4v) is 2.77. The third-order valence-corrected chi connectivity index (χ3v) is 3.41. The lowest BCUT2D eigenvalue weighted by atomic mass is 10.00. The summed E-state index contributed by atoms with van der Waals surface area (Å²) >= 11 is 0. The van der Waals surface area contributed by atoms with E-state index in [1.807, 2.05) is 0 Å². The normalized spacial score (nSPS) is 40.3. The molecule has 0 aromatic rings. The van der Waals surface area contributed by atoms with Crippen molar-refractivity contribution in [2.45, 2.75) is 50.8 Å². The molecular formula is C11H19NO. The lowest BCUT2D eigenvalue weighted by molar-refractivity contribution is 0.0421. The van der Waals surface area contributed by atoms with Gasteiger partial charge in [-0.15, -0.1) is 0 Å². The van der Waals surface area contributed by atoms with Gasteiger partial charge in [0.25, 0.3) is 0 Å². The Hall–Kier alpha value is -0.340. The Kier molecular flexibility index (Phi) is 2.70. The highest BCUT2D eigenvalue weighted by atomic mass is 16.3. The molecule has 2 unspecified atom stereocenters. The van der Waals surface area contributed by atoms with Crippen LogP contribution in [0.2, 0.25) is 0 Å². The van der Waals surface area contributed by atoms with Gasteiger partial charge >= 0.3 is 0 Å². The molecule has 0 spiro atoms. The van der Waals surface area contributed by atoms with Crippen LogP contribution in [-0.2, 0) is 0 Å². The van der Waals surface area contributed by atoms with Crippen molar-refractivity contribution in [1.29, 1.82) is 0 Å². The maximum atomic E-state index is 9.59. The molecule has 2 bridgehead atoms.